The van der Waals surface area contributed by atoms with Crippen molar-refractivity contribution in [3.63, 3.8) is 0 Å². The van der Waals surface area contributed by atoms with Gasteiger partial charge in [-0.1, -0.05) is 80.4 Å². The number of hydrogen-bond donors (Lipinski definition) is 2. The molecule has 1 saturated carbocycles. The second-order valence-electron chi connectivity index (χ2n) is 7.78. The highest BCUT2D eigenvalue weighted by Gasteiger charge is 2.74. The van der Waals surface area contributed by atoms with Gasteiger partial charge in [0.2, 0.25) is 0 Å². The highest BCUT2D eigenvalue weighted by molar-refractivity contribution is 9.10. The van der Waals surface area contributed by atoms with E-state index in [9.17, 15) is 19.8 Å². The Morgan fingerprint density at radius 2 is 1.58 bits per heavy atom. The molecule has 156 valence electrons. The number of aliphatic carboxylic acids is 1. The Kier molecular flexibility index (Phi) is 4.93. The van der Waals surface area contributed by atoms with Crippen molar-refractivity contribution in [2.75, 3.05) is 0 Å². The minimum absolute atomic E-state index is 0.351. The monoisotopic (exact) mass is 558 g/mol. The molecule has 2 aliphatic rings. The van der Waals surface area contributed by atoms with Crippen molar-refractivity contribution in [1.29, 1.82) is 0 Å². The van der Waals surface area contributed by atoms with E-state index in [1.54, 1.807) is 12.1 Å². The second-order valence-corrected chi connectivity index (χ2v) is 10.9. The van der Waals surface area contributed by atoms with Crippen molar-refractivity contribution in [1.82, 2.24) is 0 Å². The van der Waals surface area contributed by atoms with Crippen molar-refractivity contribution >= 4 is 55.4 Å². The average Bonchev–Trinajstić information content (AvgIpc) is 2.88. The summed E-state index contributed by atoms with van der Waals surface area (Å²) >= 11 is 8.23. The number of Topliss-reactive ketones (excluding diaryl/α,β-unsaturated/α-hetero) is 1. The Morgan fingerprint density at radius 3 is 2.23 bits per heavy atom. The van der Waals surface area contributed by atoms with Gasteiger partial charge in [0.05, 0.1) is 0 Å². The lowest BCUT2D eigenvalue weighted by Crippen LogP contribution is -2.46. The van der Waals surface area contributed by atoms with Gasteiger partial charge >= 0.3 is 5.97 Å². The first-order valence-electron chi connectivity index (χ1n) is 9.60. The number of fused-ring (bicyclic) bond motifs is 4. The fourth-order valence-corrected chi connectivity index (χ4v) is 7.53. The van der Waals surface area contributed by atoms with Gasteiger partial charge in [-0.25, -0.2) is 0 Å². The van der Waals surface area contributed by atoms with Crippen LogP contribution in [0.3, 0.4) is 0 Å². The number of ketones is 1. The van der Waals surface area contributed by atoms with Crippen LogP contribution in [-0.4, -0.2) is 22.0 Å². The SMILES string of the molecule is O=C(O)[C@H]1[C@@H](c2ccccc2)[C@@]2(c3ccc(Br)cc3)Sc3cc(Br)ccc3[C@@]1(O)C2=O. The zero-order valence-electron chi connectivity index (χ0n) is 16.0. The molecule has 7 heteroatoms. The molecule has 1 fully saturated rings. The molecule has 5 rings (SSSR count). The molecule has 0 amide bonds. The summed E-state index contributed by atoms with van der Waals surface area (Å²) < 4.78 is 0.363. The first kappa shape index (κ1) is 20.9. The number of hydrogen-bond acceptors (Lipinski definition) is 4. The van der Waals surface area contributed by atoms with Crippen LogP contribution in [0.5, 0.6) is 0 Å². The molecular formula is C24H16Br2O4S. The van der Waals surface area contributed by atoms with Crippen LogP contribution >= 0.6 is 43.6 Å². The molecule has 3 aromatic rings. The lowest BCUT2D eigenvalue weighted by atomic mass is 9.77. The summed E-state index contributed by atoms with van der Waals surface area (Å²) in [7, 11) is 0. The third-order valence-corrected chi connectivity index (χ3v) is 8.80. The number of carbonyl (C=O) groups excluding carboxylic acids is 1. The summed E-state index contributed by atoms with van der Waals surface area (Å²) in [5, 5.41) is 22.2. The number of rotatable bonds is 3. The standard InChI is InChI=1S/C24H16Br2O4S/c25-15-8-6-14(7-9-15)24-19(13-4-2-1-3-5-13)20(21(27)28)23(30,22(24)29)17-11-10-16(26)12-18(17)31-24/h1-12,19-20,30H,(H,27,28)/t19-,20-,23+,24-/m1/s1. The van der Waals surface area contributed by atoms with Gasteiger partial charge in [0.25, 0.3) is 0 Å². The topological polar surface area (TPSA) is 74.6 Å². The molecule has 1 aliphatic carbocycles. The van der Waals surface area contributed by atoms with E-state index in [0.717, 1.165) is 8.95 Å². The minimum atomic E-state index is -2.14. The summed E-state index contributed by atoms with van der Waals surface area (Å²) in [5.41, 5.74) is -0.404. The lowest BCUT2D eigenvalue weighted by molar-refractivity contribution is -0.157. The maximum absolute atomic E-state index is 14.1. The van der Waals surface area contributed by atoms with Gasteiger partial charge < -0.3 is 10.2 Å². The molecular weight excluding hydrogens is 544 g/mol. The average molecular weight is 560 g/mol. The molecule has 1 heterocycles. The van der Waals surface area contributed by atoms with Crippen LogP contribution in [0.2, 0.25) is 0 Å². The van der Waals surface area contributed by atoms with Gasteiger partial charge in [-0.3, -0.25) is 9.59 Å². The largest absolute Gasteiger partial charge is 0.481 e. The van der Waals surface area contributed by atoms with Crippen molar-refractivity contribution < 1.29 is 19.8 Å². The quantitative estimate of drug-likeness (QED) is 0.445. The molecule has 4 atom stereocenters. The van der Waals surface area contributed by atoms with Gasteiger partial charge in [-0.05, 0) is 35.4 Å². The molecule has 0 spiro atoms. The second kappa shape index (κ2) is 7.30. The van der Waals surface area contributed by atoms with Crippen LogP contribution < -0.4 is 0 Å². The third kappa shape index (κ3) is 2.83. The van der Waals surface area contributed by atoms with E-state index in [1.807, 2.05) is 60.7 Å². The van der Waals surface area contributed by atoms with Gasteiger partial charge in [0, 0.05) is 25.3 Å². The van der Waals surface area contributed by atoms with Gasteiger partial charge in [-0.2, -0.15) is 0 Å². The fraction of sp³-hybridized carbons (Fsp3) is 0.167. The molecule has 31 heavy (non-hydrogen) atoms. The Balaban J connectivity index is 1.89. The number of carboxylic acids is 1. The molecule has 3 aromatic carbocycles. The number of aliphatic hydroxyl groups is 1. The maximum Gasteiger partial charge on any atom is 0.310 e. The summed E-state index contributed by atoms with van der Waals surface area (Å²) in [6.07, 6.45) is 0. The fourth-order valence-electron chi connectivity index (χ4n) is 4.99. The summed E-state index contributed by atoms with van der Waals surface area (Å²) in [6, 6.07) is 21.7. The molecule has 0 radical (unpaired) electrons. The summed E-state index contributed by atoms with van der Waals surface area (Å²) in [5.74, 6) is -3.77. The Labute approximate surface area is 199 Å². The number of halogens is 2. The molecule has 0 saturated heterocycles. The summed E-state index contributed by atoms with van der Waals surface area (Å²) in [6.45, 7) is 0. The van der Waals surface area contributed by atoms with Crippen molar-refractivity contribution in [2.24, 2.45) is 5.92 Å². The first-order valence-corrected chi connectivity index (χ1v) is 12.0. The van der Waals surface area contributed by atoms with E-state index in [-0.39, 0.29) is 0 Å². The van der Waals surface area contributed by atoms with Crippen molar-refractivity contribution in [2.45, 2.75) is 21.2 Å². The Bertz CT molecular complexity index is 1210. The number of thioether (sulfide) groups is 1. The molecule has 0 aromatic heterocycles. The van der Waals surface area contributed by atoms with E-state index >= 15 is 0 Å². The molecule has 2 bridgehead atoms. The van der Waals surface area contributed by atoms with Crippen LogP contribution in [-0.2, 0) is 19.9 Å². The Morgan fingerprint density at radius 1 is 0.935 bits per heavy atom. The zero-order valence-corrected chi connectivity index (χ0v) is 19.9. The van der Waals surface area contributed by atoms with Gasteiger partial charge in [-0.15, -0.1) is 11.8 Å². The van der Waals surface area contributed by atoms with E-state index in [0.29, 0.717) is 21.6 Å². The van der Waals surface area contributed by atoms with E-state index in [1.165, 1.54) is 11.8 Å². The van der Waals surface area contributed by atoms with Gasteiger partial charge in [0.1, 0.15) is 10.7 Å². The number of carboxylic acid groups (broad SMARTS) is 1. The summed E-state index contributed by atoms with van der Waals surface area (Å²) in [4.78, 5) is 27.4. The number of carbonyl (C=O) groups is 2. The normalized spacial score (nSPS) is 28.9. The molecule has 1 aliphatic heterocycles. The van der Waals surface area contributed by atoms with Crippen LogP contribution in [0.25, 0.3) is 0 Å². The highest BCUT2D eigenvalue weighted by Crippen LogP contribution is 2.69. The highest BCUT2D eigenvalue weighted by atomic mass is 79.9. The van der Waals surface area contributed by atoms with Crippen LogP contribution in [0.1, 0.15) is 22.6 Å². The first-order chi connectivity index (χ1) is 14.8. The van der Waals surface area contributed by atoms with Crippen LogP contribution in [0.4, 0.5) is 0 Å². The predicted molar refractivity (Wildman–Crippen MR) is 125 cm³/mol. The van der Waals surface area contributed by atoms with E-state index in [4.69, 9.17) is 0 Å². The zero-order chi connectivity index (χ0) is 22.0. The van der Waals surface area contributed by atoms with Crippen LogP contribution in [0, 0.1) is 5.92 Å². The predicted octanol–water partition coefficient (Wildman–Crippen LogP) is 5.47. The maximum atomic E-state index is 14.1. The van der Waals surface area contributed by atoms with Crippen molar-refractivity contribution in [3.8, 4) is 0 Å². The molecule has 4 nitrogen and oxygen atoms in total. The third-order valence-electron chi connectivity index (χ3n) is 6.23. The Hall–Kier alpha value is -1.93. The van der Waals surface area contributed by atoms with E-state index in [2.05, 4.69) is 31.9 Å². The minimum Gasteiger partial charge on any atom is -0.481 e. The van der Waals surface area contributed by atoms with E-state index < -0.39 is 33.9 Å². The van der Waals surface area contributed by atoms with Gasteiger partial charge in [0.15, 0.2) is 11.4 Å². The van der Waals surface area contributed by atoms with Crippen LogP contribution in [0.15, 0.2) is 86.6 Å². The number of benzene rings is 3. The lowest BCUT2D eigenvalue weighted by Gasteiger charge is -2.38. The molecule has 0 unspecified atom stereocenters. The smallest absolute Gasteiger partial charge is 0.310 e. The van der Waals surface area contributed by atoms with Crippen molar-refractivity contribution in [3.05, 3.63) is 98.4 Å². The molecule has 2 N–H and O–H groups in total.